The van der Waals surface area contributed by atoms with E-state index >= 15 is 0 Å². The predicted molar refractivity (Wildman–Crippen MR) is 96.5 cm³/mol. The Hall–Kier alpha value is -1.29. The SMILES string of the molecule is COc1cccc(CNC(=S)NC23CC4CC(CC(C4)C2)C3)c1. The van der Waals surface area contributed by atoms with Crippen LogP contribution in [0.25, 0.3) is 0 Å². The summed E-state index contributed by atoms with van der Waals surface area (Å²) in [6.07, 6.45) is 8.35. The second-order valence-electron chi connectivity index (χ2n) is 7.86. The van der Waals surface area contributed by atoms with Crippen LogP contribution in [0.3, 0.4) is 0 Å². The molecule has 1 aromatic carbocycles. The average Bonchev–Trinajstić information content (AvgIpc) is 2.51. The van der Waals surface area contributed by atoms with Crippen molar-refractivity contribution in [3.05, 3.63) is 29.8 Å². The summed E-state index contributed by atoms with van der Waals surface area (Å²) in [4.78, 5) is 0. The molecule has 23 heavy (non-hydrogen) atoms. The van der Waals surface area contributed by atoms with Gasteiger partial charge in [-0.05, 0) is 86.2 Å². The second kappa shape index (κ2) is 5.97. The second-order valence-corrected chi connectivity index (χ2v) is 8.27. The first-order valence-electron chi connectivity index (χ1n) is 8.83. The molecule has 0 radical (unpaired) electrons. The van der Waals surface area contributed by atoms with Crippen LogP contribution in [-0.4, -0.2) is 17.8 Å². The molecule has 4 aliphatic rings. The molecule has 5 rings (SSSR count). The minimum absolute atomic E-state index is 0.285. The number of nitrogens with one attached hydrogen (secondary N) is 2. The van der Waals surface area contributed by atoms with E-state index in [4.69, 9.17) is 17.0 Å². The van der Waals surface area contributed by atoms with Crippen molar-refractivity contribution >= 4 is 17.3 Å². The topological polar surface area (TPSA) is 33.3 Å². The van der Waals surface area contributed by atoms with Gasteiger partial charge in [0.1, 0.15) is 5.75 Å². The molecule has 0 heterocycles. The number of methoxy groups -OCH3 is 1. The number of rotatable bonds is 4. The summed E-state index contributed by atoms with van der Waals surface area (Å²) < 4.78 is 5.28. The number of benzene rings is 1. The Kier molecular flexibility index (Phi) is 3.96. The van der Waals surface area contributed by atoms with Crippen molar-refractivity contribution in [2.24, 2.45) is 17.8 Å². The lowest BCUT2D eigenvalue weighted by molar-refractivity contribution is -0.0101. The molecule has 0 unspecified atom stereocenters. The van der Waals surface area contributed by atoms with E-state index in [0.29, 0.717) is 0 Å². The summed E-state index contributed by atoms with van der Waals surface area (Å²) in [5, 5.41) is 7.92. The minimum atomic E-state index is 0.285. The van der Waals surface area contributed by atoms with Gasteiger partial charge in [0, 0.05) is 12.1 Å². The van der Waals surface area contributed by atoms with Crippen LogP contribution in [0.2, 0.25) is 0 Å². The molecular weight excluding hydrogens is 304 g/mol. The van der Waals surface area contributed by atoms with Gasteiger partial charge in [0.25, 0.3) is 0 Å². The van der Waals surface area contributed by atoms with Gasteiger partial charge in [0.05, 0.1) is 7.11 Å². The summed E-state index contributed by atoms with van der Waals surface area (Å²) in [5.41, 5.74) is 1.48. The van der Waals surface area contributed by atoms with Crippen molar-refractivity contribution in [3.8, 4) is 5.75 Å². The van der Waals surface area contributed by atoms with Crippen molar-refractivity contribution in [3.63, 3.8) is 0 Å². The Morgan fingerprint density at radius 2 is 1.83 bits per heavy atom. The first-order chi connectivity index (χ1) is 11.1. The van der Waals surface area contributed by atoms with E-state index in [2.05, 4.69) is 22.8 Å². The molecule has 0 spiro atoms. The average molecular weight is 330 g/mol. The molecule has 3 nitrogen and oxygen atoms in total. The Labute approximate surface area is 144 Å². The third-order valence-electron chi connectivity index (χ3n) is 6.00. The molecule has 0 aromatic heterocycles. The van der Waals surface area contributed by atoms with Gasteiger partial charge in [-0.3, -0.25) is 0 Å². The van der Waals surface area contributed by atoms with Crippen LogP contribution in [0.1, 0.15) is 44.1 Å². The van der Waals surface area contributed by atoms with Crippen LogP contribution in [0, 0.1) is 17.8 Å². The molecule has 0 atom stereocenters. The highest BCUT2D eigenvalue weighted by atomic mass is 32.1. The lowest BCUT2D eigenvalue weighted by atomic mass is 9.53. The fourth-order valence-corrected chi connectivity index (χ4v) is 5.80. The van der Waals surface area contributed by atoms with Gasteiger partial charge in [0.2, 0.25) is 0 Å². The van der Waals surface area contributed by atoms with E-state index in [1.807, 2.05) is 12.1 Å². The highest BCUT2D eigenvalue weighted by molar-refractivity contribution is 7.80. The maximum absolute atomic E-state index is 5.60. The minimum Gasteiger partial charge on any atom is -0.497 e. The summed E-state index contributed by atoms with van der Waals surface area (Å²) in [6.45, 7) is 0.745. The van der Waals surface area contributed by atoms with Crippen molar-refractivity contribution in [2.45, 2.75) is 50.6 Å². The molecule has 0 amide bonds. The fourth-order valence-electron chi connectivity index (χ4n) is 5.51. The number of hydrogen-bond acceptors (Lipinski definition) is 2. The van der Waals surface area contributed by atoms with Crippen LogP contribution in [0.15, 0.2) is 24.3 Å². The van der Waals surface area contributed by atoms with E-state index in [9.17, 15) is 0 Å². The summed E-state index contributed by atoms with van der Waals surface area (Å²) in [5.74, 6) is 3.71. The standard InChI is InChI=1S/C19H26N2OS/c1-22-17-4-2-3-13(8-17)12-20-18(23)21-19-9-14-5-15(10-19)7-16(6-14)11-19/h2-4,8,14-16H,5-7,9-12H2,1H3,(H2,20,21,23). The van der Waals surface area contributed by atoms with Crippen LogP contribution < -0.4 is 15.4 Å². The Bertz CT molecular complexity index is 566. The van der Waals surface area contributed by atoms with Gasteiger partial charge in [-0.1, -0.05) is 12.1 Å². The lowest BCUT2D eigenvalue weighted by Crippen LogP contribution is -2.61. The zero-order chi connectivity index (χ0) is 15.9. The van der Waals surface area contributed by atoms with Crippen molar-refractivity contribution in [1.29, 1.82) is 0 Å². The molecule has 1 aromatic rings. The smallest absolute Gasteiger partial charge is 0.166 e. The molecule has 4 bridgehead atoms. The molecule has 4 saturated carbocycles. The first kappa shape index (κ1) is 15.3. The molecule has 124 valence electrons. The van der Waals surface area contributed by atoms with Crippen LogP contribution in [0.5, 0.6) is 5.75 Å². The quantitative estimate of drug-likeness (QED) is 0.826. The maximum atomic E-state index is 5.60. The highest BCUT2D eigenvalue weighted by Gasteiger charge is 2.51. The number of ether oxygens (including phenoxy) is 1. The largest absolute Gasteiger partial charge is 0.497 e. The van der Waals surface area contributed by atoms with E-state index in [1.165, 1.54) is 44.1 Å². The van der Waals surface area contributed by atoms with Gasteiger partial charge in [0.15, 0.2) is 5.11 Å². The Morgan fingerprint density at radius 3 is 2.43 bits per heavy atom. The number of hydrogen-bond donors (Lipinski definition) is 2. The van der Waals surface area contributed by atoms with Crippen molar-refractivity contribution in [2.75, 3.05) is 7.11 Å². The van der Waals surface area contributed by atoms with Gasteiger partial charge in [-0.25, -0.2) is 0 Å². The Balaban J connectivity index is 1.35. The first-order valence-corrected chi connectivity index (χ1v) is 9.24. The van der Waals surface area contributed by atoms with Crippen LogP contribution >= 0.6 is 12.2 Å². The summed E-state index contributed by atoms with van der Waals surface area (Å²) in [7, 11) is 1.70. The molecule has 4 aliphatic carbocycles. The molecule has 2 N–H and O–H groups in total. The monoisotopic (exact) mass is 330 g/mol. The van der Waals surface area contributed by atoms with E-state index in [1.54, 1.807) is 7.11 Å². The van der Waals surface area contributed by atoms with Crippen LogP contribution in [0.4, 0.5) is 0 Å². The predicted octanol–water partition coefficient (Wildman–Crippen LogP) is 3.63. The zero-order valence-electron chi connectivity index (χ0n) is 13.8. The van der Waals surface area contributed by atoms with E-state index < -0.39 is 0 Å². The fraction of sp³-hybridized carbons (Fsp3) is 0.632. The van der Waals surface area contributed by atoms with E-state index in [0.717, 1.165) is 35.2 Å². The molecule has 4 heteroatoms. The third kappa shape index (κ3) is 3.18. The molecule has 4 fully saturated rings. The lowest BCUT2D eigenvalue weighted by Gasteiger charge is -2.57. The summed E-state index contributed by atoms with van der Waals surface area (Å²) >= 11 is 5.60. The normalized spacial score (nSPS) is 34.2. The van der Waals surface area contributed by atoms with Gasteiger partial charge >= 0.3 is 0 Å². The Morgan fingerprint density at radius 1 is 1.17 bits per heavy atom. The van der Waals surface area contributed by atoms with Gasteiger partial charge < -0.3 is 15.4 Å². The molecule has 0 saturated heterocycles. The number of thiocarbonyl (C=S) groups is 1. The summed E-state index contributed by atoms with van der Waals surface area (Å²) in [6, 6.07) is 8.14. The zero-order valence-corrected chi connectivity index (χ0v) is 14.6. The maximum Gasteiger partial charge on any atom is 0.166 e. The molecule has 0 aliphatic heterocycles. The van der Waals surface area contributed by atoms with E-state index in [-0.39, 0.29) is 5.54 Å². The van der Waals surface area contributed by atoms with Gasteiger partial charge in [-0.2, -0.15) is 0 Å². The molecular formula is C19H26N2OS. The highest BCUT2D eigenvalue weighted by Crippen LogP contribution is 2.55. The van der Waals surface area contributed by atoms with Crippen molar-refractivity contribution in [1.82, 2.24) is 10.6 Å². The van der Waals surface area contributed by atoms with Crippen LogP contribution in [-0.2, 0) is 6.54 Å². The van der Waals surface area contributed by atoms with Crippen molar-refractivity contribution < 1.29 is 4.74 Å². The van der Waals surface area contributed by atoms with Gasteiger partial charge in [-0.15, -0.1) is 0 Å². The third-order valence-corrected chi connectivity index (χ3v) is 6.25.